The van der Waals surface area contributed by atoms with E-state index in [2.05, 4.69) is 10.3 Å². The molecule has 1 aromatic rings. The molecular formula is C13H22N2O3. The van der Waals surface area contributed by atoms with E-state index in [0.29, 0.717) is 25.5 Å². The average molecular weight is 254 g/mol. The van der Waals surface area contributed by atoms with Gasteiger partial charge in [-0.05, 0) is 32.7 Å². The number of aryl methyl sites for hydroxylation is 2. The number of oxazole rings is 1. The largest absolute Gasteiger partial charge is 0.444 e. The Hall–Kier alpha value is -0.910. The lowest BCUT2D eigenvalue weighted by Crippen LogP contribution is -2.41. The van der Waals surface area contributed by atoms with Crippen molar-refractivity contribution in [3.05, 3.63) is 17.3 Å². The summed E-state index contributed by atoms with van der Waals surface area (Å²) in [5.74, 6) is 1.57. The number of hydrogen-bond acceptors (Lipinski definition) is 5. The van der Waals surface area contributed by atoms with Gasteiger partial charge in [0.1, 0.15) is 5.76 Å². The molecule has 1 aliphatic rings. The van der Waals surface area contributed by atoms with E-state index in [4.69, 9.17) is 9.15 Å². The Bertz CT molecular complexity index is 384. The molecule has 18 heavy (non-hydrogen) atoms. The van der Waals surface area contributed by atoms with Crippen LogP contribution in [0.15, 0.2) is 4.42 Å². The van der Waals surface area contributed by atoms with Crippen molar-refractivity contribution >= 4 is 0 Å². The fourth-order valence-corrected chi connectivity index (χ4v) is 2.30. The minimum absolute atomic E-state index is 0.453. The molecule has 0 bridgehead atoms. The molecule has 1 unspecified atom stereocenters. The average Bonchev–Trinajstić information content (AvgIpc) is 2.64. The maximum absolute atomic E-state index is 10.2. The highest BCUT2D eigenvalue weighted by atomic mass is 16.5. The monoisotopic (exact) mass is 254 g/mol. The smallest absolute Gasteiger partial charge is 0.191 e. The summed E-state index contributed by atoms with van der Waals surface area (Å²) in [7, 11) is 0. The molecule has 2 N–H and O–H groups in total. The minimum atomic E-state index is -0.655. The number of aromatic nitrogens is 1. The normalized spacial score (nSPS) is 24.4. The summed E-state index contributed by atoms with van der Waals surface area (Å²) in [6, 6.07) is 0. The van der Waals surface area contributed by atoms with E-state index in [9.17, 15) is 5.11 Å². The van der Waals surface area contributed by atoms with E-state index in [1.165, 1.54) is 0 Å². The fraction of sp³-hybridized carbons (Fsp3) is 0.769. The van der Waals surface area contributed by atoms with Crippen LogP contribution in [0, 0.1) is 13.8 Å². The summed E-state index contributed by atoms with van der Waals surface area (Å²) in [5, 5.41) is 13.5. The Balaban J connectivity index is 1.71. The first-order valence-electron chi connectivity index (χ1n) is 6.53. The van der Waals surface area contributed by atoms with Crippen molar-refractivity contribution in [1.29, 1.82) is 0 Å². The molecule has 0 aromatic carbocycles. The molecule has 5 heteroatoms. The van der Waals surface area contributed by atoms with Gasteiger partial charge in [-0.2, -0.15) is 0 Å². The van der Waals surface area contributed by atoms with Crippen LogP contribution in [0.4, 0.5) is 0 Å². The third-order valence-corrected chi connectivity index (χ3v) is 3.35. The number of aliphatic hydroxyl groups is 1. The van der Waals surface area contributed by atoms with Gasteiger partial charge in [0, 0.05) is 13.5 Å². The Morgan fingerprint density at radius 1 is 1.44 bits per heavy atom. The summed E-state index contributed by atoms with van der Waals surface area (Å²) in [6.45, 7) is 6.42. The number of nitrogens with one attached hydrogen (secondary N) is 1. The fourth-order valence-electron chi connectivity index (χ4n) is 2.30. The van der Waals surface area contributed by atoms with Gasteiger partial charge in [-0.3, -0.25) is 0 Å². The Morgan fingerprint density at radius 3 is 2.89 bits per heavy atom. The standard InChI is InChI=1S/C13H22N2O3/c1-10-12(18-11(2)15-10)8-14-6-5-13(16)4-3-7-17-9-13/h14,16H,3-9H2,1-2H3. The predicted molar refractivity (Wildman–Crippen MR) is 67.3 cm³/mol. The molecule has 1 fully saturated rings. The molecule has 0 spiro atoms. The maximum atomic E-state index is 10.2. The lowest BCUT2D eigenvalue weighted by Gasteiger charge is -2.31. The van der Waals surface area contributed by atoms with E-state index in [-0.39, 0.29) is 0 Å². The molecule has 2 heterocycles. The molecule has 0 amide bonds. The van der Waals surface area contributed by atoms with Crippen molar-refractivity contribution in [2.75, 3.05) is 19.8 Å². The molecule has 2 rings (SSSR count). The van der Waals surface area contributed by atoms with Crippen molar-refractivity contribution in [1.82, 2.24) is 10.3 Å². The van der Waals surface area contributed by atoms with Crippen molar-refractivity contribution in [2.45, 2.75) is 45.3 Å². The topological polar surface area (TPSA) is 67.5 Å². The van der Waals surface area contributed by atoms with E-state index in [1.807, 2.05) is 13.8 Å². The van der Waals surface area contributed by atoms with Crippen LogP contribution < -0.4 is 5.32 Å². The number of hydrogen-bond donors (Lipinski definition) is 2. The lowest BCUT2D eigenvalue weighted by atomic mass is 9.93. The lowest BCUT2D eigenvalue weighted by molar-refractivity contribution is -0.0890. The second-order valence-electron chi connectivity index (χ2n) is 5.05. The van der Waals surface area contributed by atoms with Crippen molar-refractivity contribution in [2.24, 2.45) is 0 Å². The second-order valence-corrected chi connectivity index (χ2v) is 5.05. The number of nitrogens with zero attached hydrogens (tertiary/aromatic N) is 1. The molecule has 0 saturated carbocycles. The molecule has 1 aromatic heterocycles. The van der Waals surface area contributed by atoms with Crippen molar-refractivity contribution < 1.29 is 14.3 Å². The van der Waals surface area contributed by atoms with Gasteiger partial charge in [-0.1, -0.05) is 0 Å². The van der Waals surface area contributed by atoms with E-state index < -0.39 is 5.60 Å². The molecule has 5 nitrogen and oxygen atoms in total. The van der Waals surface area contributed by atoms with Crippen molar-refractivity contribution in [3.8, 4) is 0 Å². The first kappa shape index (κ1) is 13.5. The van der Waals surface area contributed by atoms with Gasteiger partial charge in [0.2, 0.25) is 0 Å². The molecule has 1 aliphatic heterocycles. The van der Waals surface area contributed by atoms with Crippen LogP contribution in [0.25, 0.3) is 0 Å². The third kappa shape index (κ3) is 3.54. The molecule has 0 aliphatic carbocycles. The van der Waals surface area contributed by atoms with Gasteiger partial charge in [0.25, 0.3) is 0 Å². The third-order valence-electron chi connectivity index (χ3n) is 3.35. The number of ether oxygens (including phenoxy) is 1. The number of rotatable bonds is 5. The quantitative estimate of drug-likeness (QED) is 0.776. The van der Waals surface area contributed by atoms with Crippen LogP contribution in [0.1, 0.15) is 36.6 Å². The van der Waals surface area contributed by atoms with E-state index >= 15 is 0 Å². The first-order chi connectivity index (χ1) is 8.59. The second kappa shape index (κ2) is 5.82. The van der Waals surface area contributed by atoms with E-state index in [0.717, 1.165) is 37.4 Å². The zero-order chi connectivity index (χ0) is 13.0. The van der Waals surface area contributed by atoms with Gasteiger partial charge >= 0.3 is 0 Å². The first-order valence-corrected chi connectivity index (χ1v) is 6.53. The molecule has 1 atom stereocenters. The molecule has 0 radical (unpaired) electrons. The highest BCUT2D eigenvalue weighted by molar-refractivity contribution is 5.06. The summed E-state index contributed by atoms with van der Waals surface area (Å²) in [5.41, 5.74) is 0.275. The summed E-state index contributed by atoms with van der Waals surface area (Å²) < 4.78 is 10.8. The van der Waals surface area contributed by atoms with Crippen LogP contribution in [0.2, 0.25) is 0 Å². The Kier molecular flexibility index (Phi) is 4.37. The molecule has 102 valence electrons. The van der Waals surface area contributed by atoms with Gasteiger partial charge in [0.15, 0.2) is 5.89 Å². The Labute approximate surface area is 108 Å². The van der Waals surface area contributed by atoms with Gasteiger partial charge in [0.05, 0.1) is 24.4 Å². The van der Waals surface area contributed by atoms with Gasteiger partial charge in [-0.25, -0.2) is 4.98 Å². The van der Waals surface area contributed by atoms with Crippen LogP contribution in [0.3, 0.4) is 0 Å². The summed E-state index contributed by atoms with van der Waals surface area (Å²) in [6.07, 6.45) is 2.48. The summed E-state index contributed by atoms with van der Waals surface area (Å²) in [4.78, 5) is 4.22. The predicted octanol–water partition coefficient (Wildman–Crippen LogP) is 1.31. The Morgan fingerprint density at radius 2 is 2.28 bits per heavy atom. The minimum Gasteiger partial charge on any atom is -0.444 e. The van der Waals surface area contributed by atoms with Crippen molar-refractivity contribution in [3.63, 3.8) is 0 Å². The highest BCUT2D eigenvalue weighted by Crippen LogP contribution is 2.22. The van der Waals surface area contributed by atoms with E-state index in [1.54, 1.807) is 0 Å². The van der Waals surface area contributed by atoms with Gasteiger partial charge in [-0.15, -0.1) is 0 Å². The van der Waals surface area contributed by atoms with Crippen LogP contribution in [-0.2, 0) is 11.3 Å². The SMILES string of the molecule is Cc1nc(C)c(CNCCC2(O)CCCOC2)o1. The zero-order valence-electron chi connectivity index (χ0n) is 11.2. The van der Waals surface area contributed by atoms with Gasteiger partial charge < -0.3 is 19.6 Å². The summed E-state index contributed by atoms with van der Waals surface area (Å²) >= 11 is 0. The molecule has 1 saturated heterocycles. The van der Waals surface area contributed by atoms with Crippen LogP contribution in [0.5, 0.6) is 0 Å². The zero-order valence-corrected chi connectivity index (χ0v) is 11.2. The maximum Gasteiger partial charge on any atom is 0.191 e. The molecular weight excluding hydrogens is 232 g/mol. The van der Waals surface area contributed by atoms with Crippen LogP contribution >= 0.6 is 0 Å². The van der Waals surface area contributed by atoms with Crippen LogP contribution in [-0.4, -0.2) is 35.5 Å². The highest BCUT2D eigenvalue weighted by Gasteiger charge is 2.29.